The number of nitrogens with one attached hydrogen (secondary N) is 1. The van der Waals surface area contributed by atoms with Crippen molar-refractivity contribution in [2.45, 2.75) is 0 Å². The van der Waals surface area contributed by atoms with Crippen LogP contribution in [0.15, 0.2) is 45.4 Å². The van der Waals surface area contributed by atoms with E-state index in [9.17, 15) is 9.59 Å². The van der Waals surface area contributed by atoms with Crippen LogP contribution in [0.4, 0.5) is 0 Å². The number of nitrogens with zero attached hydrogens (tertiary/aromatic N) is 2. The van der Waals surface area contributed by atoms with Gasteiger partial charge in [0.25, 0.3) is 5.91 Å². The van der Waals surface area contributed by atoms with Crippen molar-refractivity contribution in [1.82, 2.24) is 15.1 Å². The average Bonchev–Trinajstić information content (AvgIpc) is 2.92. The molecule has 0 aliphatic carbocycles. The van der Waals surface area contributed by atoms with E-state index in [0.717, 1.165) is 24.6 Å². The number of amides is 1. The maximum Gasteiger partial charge on any atom is 0.277 e. The molecule has 1 aromatic heterocycles. The second-order valence-electron chi connectivity index (χ2n) is 6.11. The molecule has 6 nitrogen and oxygen atoms in total. The first-order valence-corrected chi connectivity index (χ1v) is 9.85. The maximum absolute atomic E-state index is 12.7. The van der Waals surface area contributed by atoms with Crippen LogP contribution in [0.2, 0.25) is 0 Å². The molecular weight excluding hydrogens is 370 g/mol. The lowest BCUT2D eigenvalue weighted by Crippen LogP contribution is -2.44. The zero-order valence-corrected chi connectivity index (χ0v) is 15.6. The smallest absolute Gasteiger partial charge is 0.277 e. The summed E-state index contributed by atoms with van der Waals surface area (Å²) in [5.74, 6) is 1.90. The lowest BCUT2D eigenvalue weighted by atomic mass is 10.1. The molecule has 0 unspecified atom stereocenters. The van der Waals surface area contributed by atoms with Crippen LogP contribution in [0, 0.1) is 0 Å². The molecule has 4 rings (SSSR count). The zero-order valence-electron chi connectivity index (χ0n) is 13.9. The van der Waals surface area contributed by atoms with E-state index in [1.54, 1.807) is 29.2 Å². The standard InChI is InChI=1S/C18H17N3O3S2/c22-16-12(10-24-15-4-2-1-3-13(15)16)9-14-17(23)21(18(25)19-14)11-20-5-7-26-8-6-20/h1-4,9-10H,5-8,11H2,(H,19,25). The van der Waals surface area contributed by atoms with E-state index in [1.165, 1.54) is 12.3 Å². The topological polar surface area (TPSA) is 65.8 Å². The van der Waals surface area contributed by atoms with E-state index in [4.69, 9.17) is 16.6 Å². The van der Waals surface area contributed by atoms with E-state index in [-0.39, 0.29) is 11.3 Å². The van der Waals surface area contributed by atoms with Gasteiger partial charge in [-0.1, -0.05) is 12.1 Å². The van der Waals surface area contributed by atoms with E-state index in [2.05, 4.69) is 10.2 Å². The van der Waals surface area contributed by atoms with Crippen molar-refractivity contribution in [2.75, 3.05) is 31.3 Å². The van der Waals surface area contributed by atoms with Gasteiger partial charge < -0.3 is 9.73 Å². The van der Waals surface area contributed by atoms with Gasteiger partial charge in [0.15, 0.2) is 10.5 Å². The monoisotopic (exact) mass is 387 g/mol. The fourth-order valence-electron chi connectivity index (χ4n) is 2.99. The summed E-state index contributed by atoms with van der Waals surface area (Å²) in [5.41, 5.74) is 0.958. The molecule has 2 saturated heterocycles. The van der Waals surface area contributed by atoms with Crippen LogP contribution in [0.1, 0.15) is 5.56 Å². The molecule has 0 bridgehead atoms. The van der Waals surface area contributed by atoms with E-state index >= 15 is 0 Å². The predicted octanol–water partition coefficient (Wildman–Crippen LogP) is 1.86. The first-order chi connectivity index (χ1) is 12.6. The number of benzene rings is 1. The summed E-state index contributed by atoms with van der Waals surface area (Å²) in [7, 11) is 0. The highest BCUT2D eigenvalue weighted by molar-refractivity contribution is 7.99. The van der Waals surface area contributed by atoms with Crippen molar-refractivity contribution in [3.8, 4) is 0 Å². The van der Waals surface area contributed by atoms with Gasteiger partial charge in [-0.25, -0.2) is 0 Å². The van der Waals surface area contributed by atoms with Gasteiger partial charge in [-0.2, -0.15) is 11.8 Å². The summed E-state index contributed by atoms with van der Waals surface area (Å²) < 4.78 is 5.50. The van der Waals surface area contributed by atoms with Crippen molar-refractivity contribution in [3.63, 3.8) is 0 Å². The highest BCUT2D eigenvalue weighted by Crippen LogP contribution is 2.17. The molecule has 0 saturated carbocycles. The molecule has 2 aromatic rings. The Morgan fingerprint density at radius 3 is 2.81 bits per heavy atom. The predicted molar refractivity (Wildman–Crippen MR) is 107 cm³/mol. The molecule has 8 heteroatoms. The molecular formula is C18H17N3O3S2. The third kappa shape index (κ3) is 3.27. The number of fused-ring (bicyclic) bond motifs is 1. The molecule has 0 atom stereocenters. The first-order valence-electron chi connectivity index (χ1n) is 8.29. The van der Waals surface area contributed by atoms with Crippen molar-refractivity contribution in [2.24, 2.45) is 0 Å². The van der Waals surface area contributed by atoms with Gasteiger partial charge in [0.1, 0.15) is 17.5 Å². The summed E-state index contributed by atoms with van der Waals surface area (Å²) in [6, 6.07) is 7.03. The average molecular weight is 387 g/mol. The SMILES string of the molecule is O=C1C(=Cc2coc3ccccc3c2=O)NC(=S)N1CN1CCSCC1. The Hall–Kier alpha value is -2.16. The minimum absolute atomic E-state index is 0.175. The molecule has 0 radical (unpaired) electrons. The largest absolute Gasteiger partial charge is 0.463 e. The quantitative estimate of drug-likeness (QED) is 0.637. The molecule has 2 aliphatic heterocycles. The number of thioether (sulfide) groups is 1. The highest BCUT2D eigenvalue weighted by atomic mass is 32.2. The summed E-state index contributed by atoms with van der Waals surface area (Å²) in [6.07, 6.45) is 2.89. The minimum atomic E-state index is -0.221. The van der Waals surface area contributed by atoms with Gasteiger partial charge in [-0.05, 0) is 30.4 Å². The number of rotatable bonds is 3. The van der Waals surface area contributed by atoms with Gasteiger partial charge in [-0.15, -0.1) is 0 Å². The zero-order chi connectivity index (χ0) is 18.1. The number of thiocarbonyl (C=S) groups is 1. The number of para-hydroxylation sites is 1. The van der Waals surface area contributed by atoms with Crippen molar-refractivity contribution in [1.29, 1.82) is 0 Å². The third-order valence-electron chi connectivity index (χ3n) is 4.41. The van der Waals surface area contributed by atoms with Crippen LogP contribution >= 0.6 is 24.0 Å². The Labute approximate surface area is 159 Å². The number of hydrogen-bond donors (Lipinski definition) is 1. The molecule has 2 fully saturated rings. The summed E-state index contributed by atoms with van der Waals surface area (Å²) in [4.78, 5) is 29.1. The van der Waals surface area contributed by atoms with Crippen LogP contribution in [0.5, 0.6) is 0 Å². The fraction of sp³-hybridized carbons (Fsp3) is 0.278. The van der Waals surface area contributed by atoms with Gasteiger partial charge >= 0.3 is 0 Å². The minimum Gasteiger partial charge on any atom is -0.463 e. The highest BCUT2D eigenvalue weighted by Gasteiger charge is 2.32. The molecule has 1 aromatic carbocycles. The lowest BCUT2D eigenvalue weighted by molar-refractivity contribution is -0.123. The molecule has 1 N–H and O–H groups in total. The third-order valence-corrected chi connectivity index (χ3v) is 5.68. The Morgan fingerprint density at radius 1 is 1.23 bits per heavy atom. The molecule has 3 heterocycles. The van der Waals surface area contributed by atoms with Gasteiger partial charge in [0.2, 0.25) is 0 Å². The van der Waals surface area contributed by atoms with Gasteiger partial charge in [0, 0.05) is 24.6 Å². The van der Waals surface area contributed by atoms with Crippen LogP contribution in [-0.4, -0.2) is 52.1 Å². The Kier molecular flexibility index (Phi) is 4.80. The molecule has 26 heavy (non-hydrogen) atoms. The summed E-state index contributed by atoms with van der Waals surface area (Å²) in [6.45, 7) is 2.34. The Bertz CT molecular complexity index is 964. The van der Waals surface area contributed by atoms with Crippen LogP contribution < -0.4 is 10.7 Å². The van der Waals surface area contributed by atoms with Crippen molar-refractivity contribution < 1.29 is 9.21 Å². The second kappa shape index (κ2) is 7.22. The first kappa shape index (κ1) is 17.3. The molecule has 1 amide bonds. The molecule has 134 valence electrons. The van der Waals surface area contributed by atoms with Crippen molar-refractivity contribution >= 4 is 52.0 Å². The maximum atomic E-state index is 12.7. The van der Waals surface area contributed by atoms with Gasteiger partial charge in [0.05, 0.1) is 17.6 Å². The van der Waals surface area contributed by atoms with Crippen LogP contribution in [0.25, 0.3) is 17.0 Å². The van der Waals surface area contributed by atoms with E-state index in [1.807, 2.05) is 11.8 Å². The molecule has 0 spiro atoms. The van der Waals surface area contributed by atoms with Crippen LogP contribution in [0.3, 0.4) is 0 Å². The number of hydrogen-bond acceptors (Lipinski definition) is 6. The second-order valence-corrected chi connectivity index (χ2v) is 7.72. The molecule has 2 aliphatic rings. The lowest BCUT2D eigenvalue weighted by Gasteiger charge is -2.29. The summed E-state index contributed by atoms with van der Waals surface area (Å²) in [5, 5.41) is 3.77. The van der Waals surface area contributed by atoms with Gasteiger partial charge in [-0.3, -0.25) is 19.4 Å². The van der Waals surface area contributed by atoms with Crippen LogP contribution in [-0.2, 0) is 4.79 Å². The van der Waals surface area contributed by atoms with Crippen molar-refractivity contribution in [3.05, 3.63) is 52.0 Å². The van der Waals surface area contributed by atoms with E-state index < -0.39 is 0 Å². The number of carbonyl (C=O) groups is 1. The summed E-state index contributed by atoms with van der Waals surface area (Å²) >= 11 is 7.22. The number of carbonyl (C=O) groups excluding carboxylic acids is 1. The Balaban J connectivity index is 1.60. The normalized spacial score (nSPS) is 20.2. The Morgan fingerprint density at radius 2 is 2.00 bits per heavy atom. The van der Waals surface area contributed by atoms with E-state index in [0.29, 0.717) is 34.0 Å². The fourth-order valence-corrected chi connectivity index (χ4v) is 4.22.